The van der Waals surface area contributed by atoms with Gasteiger partial charge >= 0.3 is 0 Å². The third-order valence-electron chi connectivity index (χ3n) is 3.20. The predicted molar refractivity (Wildman–Crippen MR) is 89.1 cm³/mol. The number of hydrogen-bond donors (Lipinski definition) is 1. The summed E-state index contributed by atoms with van der Waals surface area (Å²) in [5, 5.41) is 2.87. The molecule has 5 nitrogen and oxygen atoms in total. The molecule has 0 aliphatic heterocycles. The van der Waals surface area contributed by atoms with Gasteiger partial charge < -0.3 is 19.5 Å². The minimum atomic E-state index is -0.0794. The summed E-state index contributed by atoms with van der Waals surface area (Å²) in [7, 11) is 3.24. The zero-order valence-corrected chi connectivity index (χ0v) is 13.4. The van der Waals surface area contributed by atoms with Crippen molar-refractivity contribution in [2.75, 3.05) is 32.8 Å². The van der Waals surface area contributed by atoms with Crippen LogP contribution in [0.1, 0.15) is 5.56 Å². The molecule has 0 unspecified atom stereocenters. The van der Waals surface area contributed by atoms with Gasteiger partial charge in [-0.1, -0.05) is 18.2 Å². The van der Waals surface area contributed by atoms with Crippen LogP contribution in [0.15, 0.2) is 48.5 Å². The third-order valence-corrected chi connectivity index (χ3v) is 3.20. The van der Waals surface area contributed by atoms with E-state index in [0.29, 0.717) is 31.1 Å². The highest BCUT2D eigenvalue weighted by Gasteiger charge is 2.05. The fraction of sp³-hybridized carbons (Fsp3) is 0.278. The molecule has 23 heavy (non-hydrogen) atoms. The van der Waals surface area contributed by atoms with Crippen LogP contribution >= 0.6 is 0 Å². The quantitative estimate of drug-likeness (QED) is 0.761. The Hall–Kier alpha value is -2.53. The van der Waals surface area contributed by atoms with E-state index in [0.717, 1.165) is 11.3 Å². The molecule has 0 saturated heterocycles. The Bertz CT molecular complexity index is 625. The highest BCUT2D eigenvalue weighted by atomic mass is 16.5. The van der Waals surface area contributed by atoms with Crippen molar-refractivity contribution in [2.24, 2.45) is 0 Å². The molecule has 5 heteroatoms. The first-order valence-electron chi connectivity index (χ1n) is 7.36. The van der Waals surface area contributed by atoms with Crippen molar-refractivity contribution in [3.05, 3.63) is 54.1 Å². The van der Waals surface area contributed by atoms with Gasteiger partial charge in [0.15, 0.2) is 0 Å². The number of benzene rings is 2. The second-order valence-electron chi connectivity index (χ2n) is 4.94. The summed E-state index contributed by atoms with van der Waals surface area (Å²) >= 11 is 0. The van der Waals surface area contributed by atoms with Gasteiger partial charge in [-0.25, -0.2) is 0 Å². The maximum Gasteiger partial charge on any atom is 0.228 e. The average Bonchev–Trinajstić information content (AvgIpc) is 2.56. The zero-order valence-electron chi connectivity index (χ0n) is 13.4. The van der Waals surface area contributed by atoms with E-state index >= 15 is 0 Å². The van der Waals surface area contributed by atoms with Crippen LogP contribution in [0.3, 0.4) is 0 Å². The van der Waals surface area contributed by atoms with Crippen LogP contribution < -0.4 is 14.8 Å². The lowest BCUT2D eigenvalue weighted by Gasteiger charge is -2.09. The Morgan fingerprint density at radius 1 is 1.00 bits per heavy atom. The molecular formula is C18H21NO4. The van der Waals surface area contributed by atoms with Gasteiger partial charge in [0.25, 0.3) is 0 Å². The molecule has 0 fully saturated rings. The summed E-state index contributed by atoms with van der Waals surface area (Å²) in [6.45, 7) is 0.994. The fourth-order valence-electron chi connectivity index (χ4n) is 2.04. The van der Waals surface area contributed by atoms with Gasteiger partial charge in [0.1, 0.15) is 18.1 Å². The number of carbonyl (C=O) groups excluding carboxylic acids is 1. The highest BCUT2D eigenvalue weighted by molar-refractivity contribution is 5.92. The minimum Gasteiger partial charge on any atom is -0.497 e. The highest BCUT2D eigenvalue weighted by Crippen LogP contribution is 2.18. The Balaban J connectivity index is 1.90. The maximum absolute atomic E-state index is 12.1. The number of nitrogens with one attached hydrogen (secondary N) is 1. The van der Waals surface area contributed by atoms with E-state index < -0.39 is 0 Å². The van der Waals surface area contributed by atoms with Crippen LogP contribution in [-0.4, -0.2) is 33.3 Å². The lowest BCUT2D eigenvalue weighted by Crippen LogP contribution is -2.14. The number of ether oxygens (including phenoxy) is 3. The van der Waals surface area contributed by atoms with E-state index in [-0.39, 0.29) is 5.91 Å². The molecule has 0 bridgehead atoms. The molecular weight excluding hydrogens is 294 g/mol. The minimum absolute atomic E-state index is 0.0794. The summed E-state index contributed by atoms with van der Waals surface area (Å²) in [5.41, 5.74) is 1.63. The second-order valence-corrected chi connectivity index (χ2v) is 4.94. The van der Waals surface area contributed by atoms with E-state index in [9.17, 15) is 4.79 Å². The van der Waals surface area contributed by atoms with Gasteiger partial charge in [-0.15, -0.1) is 0 Å². The number of amides is 1. The Labute approximate surface area is 136 Å². The zero-order chi connectivity index (χ0) is 16.5. The molecule has 0 spiro atoms. The van der Waals surface area contributed by atoms with Crippen LogP contribution in [0, 0.1) is 0 Å². The predicted octanol–water partition coefficient (Wildman–Crippen LogP) is 2.90. The van der Waals surface area contributed by atoms with Gasteiger partial charge in [0, 0.05) is 18.9 Å². The molecule has 2 aromatic rings. The molecule has 1 amide bonds. The Morgan fingerprint density at radius 2 is 1.78 bits per heavy atom. The first-order chi connectivity index (χ1) is 11.2. The largest absolute Gasteiger partial charge is 0.497 e. The molecule has 0 heterocycles. The van der Waals surface area contributed by atoms with Crippen molar-refractivity contribution in [3.8, 4) is 11.5 Å². The van der Waals surface area contributed by atoms with Crippen LogP contribution in [0.5, 0.6) is 11.5 Å². The Kier molecular flexibility index (Phi) is 6.44. The molecule has 0 radical (unpaired) electrons. The smallest absolute Gasteiger partial charge is 0.228 e. The Morgan fingerprint density at radius 3 is 2.48 bits per heavy atom. The summed E-state index contributed by atoms with van der Waals surface area (Å²) in [6.07, 6.45) is 0.304. The number of methoxy groups -OCH3 is 2. The van der Waals surface area contributed by atoms with E-state index in [1.54, 1.807) is 20.3 Å². The van der Waals surface area contributed by atoms with Crippen LogP contribution in [0.4, 0.5) is 5.69 Å². The van der Waals surface area contributed by atoms with Crippen LogP contribution in [-0.2, 0) is 16.0 Å². The van der Waals surface area contributed by atoms with Crippen molar-refractivity contribution in [1.82, 2.24) is 0 Å². The topological polar surface area (TPSA) is 56.8 Å². The van der Waals surface area contributed by atoms with Gasteiger partial charge in [-0.05, 0) is 29.8 Å². The number of rotatable bonds is 8. The summed E-state index contributed by atoms with van der Waals surface area (Å²) in [4.78, 5) is 12.1. The summed E-state index contributed by atoms with van der Waals surface area (Å²) < 4.78 is 15.6. The second kappa shape index (κ2) is 8.80. The lowest BCUT2D eigenvalue weighted by molar-refractivity contribution is -0.115. The molecule has 0 aliphatic carbocycles. The van der Waals surface area contributed by atoms with E-state index in [1.165, 1.54) is 0 Å². The maximum atomic E-state index is 12.1. The average molecular weight is 315 g/mol. The lowest BCUT2D eigenvalue weighted by atomic mass is 10.1. The van der Waals surface area contributed by atoms with Gasteiger partial charge in [0.05, 0.1) is 20.1 Å². The first-order valence-corrected chi connectivity index (χ1v) is 7.36. The molecule has 1 N–H and O–H groups in total. The van der Waals surface area contributed by atoms with Crippen molar-refractivity contribution in [1.29, 1.82) is 0 Å². The van der Waals surface area contributed by atoms with E-state index in [4.69, 9.17) is 14.2 Å². The molecule has 0 saturated carbocycles. The van der Waals surface area contributed by atoms with Crippen molar-refractivity contribution in [2.45, 2.75) is 6.42 Å². The monoisotopic (exact) mass is 315 g/mol. The number of hydrogen-bond acceptors (Lipinski definition) is 4. The normalized spacial score (nSPS) is 10.2. The number of anilines is 1. The SMILES string of the molecule is COCCOc1cccc(NC(=O)Cc2ccc(OC)cc2)c1. The molecule has 0 aliphatic rings. The van der Waals surface area contributed by atoms with Gasteiger partial charge in [-0.2, -0.15) is 0 Å². The molecule has 0 aromatic heterocycles. The summed E-state index contributed by atoms with van der Waals surface area (Å²) in [6, 6.07) is 14.7. The standard InChI is InChI=1S/C18H21NO4/c1-21-10-11-23-17-5-3-4-15(13-17)19-18(20)12-14-6-8-16(22-2)9-7-14/h3-9,13H,10-12H2,1-2H3,(H,19,20). The fourth-order valence-corrected chi connectivity index (χ4v) is 2.04. The van der Waals surface area contributed by atoms with Crippen LogP contribution in [0.25, 0.3) is 0 Å². The molecule has 122 valence electrons. The van der Waals surface area contributed by atoms with E-state index in [2.05, 4.69) is 5.32 Å². The first kappa shape index (κ1) is 16.8. The summed E-state index contributed by atoms with van der Waals surface area (Å²) in [5.74, 6) is 1.39. The van der Waals surface area contributed by atoms with Crippen molar-refractivity contribution in [3.63, 3.8) is 0 Å². The molecule has 2 aromatic carbocycles. The van der Waals surface area contributed by atoms with Crippen molar-refractivity contribution < 1.29 is 19.0 Å². The van der Waals surface area contributed by atoms with Crippen molar-refractivity contribution >= 4 is 11.6 Å². The molecule has 2 rings (SSSR count). The van der Waals surface area contributed by atoms with E-state index in [1.807, 2.05) is 42.5 Å². The van der Waals surface area contributed by atoms with Gasteiger partial charge in [0.2, 0.25) is 5.91 Å². The van der Waals surface area contributed by atoms with Gasteiger partial charge in [-0.3, -0.25) is 4.79 Å². The third kappa shape index (κ3) is 5.64. The molecule has 0 atom stereocenters. The number of carbonyl (C=O) groups is 1. The van der Waals surface area contributed by atoms with Crippen LogP contribution in [0.2, 0.25) is 0 Å².